The summed E-state index contributed by atoms with van der Waals surface area (Å²) in [6.45, 7) is 19.0. The van der Waals surface area contributed by atoms with Gasteiger partial charge in [-0.3, -0.25) is 24.6 Å². The second-order valence-electron chi connectivity index (χ2n) is 18.6. The Balaban J connectivity index is 1.42. The van der Waals surface area contributed by atoms with Crippen LogP contribution in [0.2, 0.25) is 0 Å². The zero-order valence-corrected chi connectivity index (χ0v) is 41.4. The smallest absolute Gasteiger partial charge is 0.355 e. The maximum absolute atomic E-state index is 14.7. The number of hydrogen-bond acceptors (Lipinski definition) is 12. The van der Waals surface area contributed by atoms with Gasteiger partial charge < -0.3 is 34.3 Å². The number of aliphatic hydroxyl groups is 1. The van der Waals surface area contributed by atoms with Crippen LogP contribution in [-0.4, -0.2) is 129 Å². The minimum atomic E-state index is -2.23. The minimum absolute atomic E-state index is 0.00541. The number of allylic oxidation sites excluding steroid dienone is 2. The Morgan fingerprint density at radius 2 is 1.91 bits per heavy atom. The molecule has 17 heteroatoms. The lowest BCUT2D eigenvalue weighted by atomic mass is 9.84. The molecular weight excluding hydrogens is 871 g/mol. The van der Waals surface area contributed by atoms with Gasteiger partial charge in [0.05, 0.1) is 34.8 Å². The zero-order valence-electron chi connectivity index (χ0n) is 40.6. The van der Waals surface area contributed by atoms with Crippen molar-refractivity contribution in [1.82, 2.24) is 40.1 Å². The lowest BCUT2D eigenvalue weighted by molar-refractivity contribution is -0.189. The molecule has 6 bridgehead atoms. The Kier molecular flexibility index (Phi) is 16.2. The first-order valence-corrected chi connectivity index (χ1v) is 23.9. The highest BCUT2D eigenvalue weighted by Crippen LogP contribution is 2.40. The van der Waals surface area contributed by atoms with Crippen LogP contribution in [0.25, 0.3) is 27.7 Å². The summed E-state index contributed by atoms with van der Waals surface area (Å²) in [6, 6.07) is 7.52. The van der Waals surface area contributed by atoms with E-state index < -0.39 is 41.0 Å². The number of cyclic esters (lactones) is 1. The molecular formula is C50H67N9O7S. The number of nitrogens with one attached hydrogen (secondary N) is 2. The highest BCUT2D eigenvalue weighted by Gasteiger charge is 2.45. The molecule has 0 radical (unpaired) electrons. The lowest BCUT2D eigenvalue weighted by Crippen LogP contribution is -2.67. The number of rotatable bonds is 13. The van der Waals surface area contributed by atoms with E-state index in [0.717, 1.165) is 44.6 Å². The van der Waals surface area contributed by atoms with Gasteiger partial charge >= 0.3 is 12.0 Å². The quantitative estimate of drug-likeness (QED) is 0.0768. The third-order valence-electron chi connectivity index (χ3n) is 12.6. The number of benzene rings is 1. The minimum Gasteiger partial charge on any atom is -0.462 e. The molecule has 67 heavy (non-hydrogen) atoms. The highest BCUT2D eigenvalue weighted by molar-refractivity contribution is 7.10. The number of aryl methyl sites for hydroxylation is 1. The van der Waals surface area contributed by atoms with E-state index in [0.29, 0.717) is 36.6 Å². The molecule has 6 rings (SSSR count). The summed E-state index contributed by atoms with van der Waals surface area (Å²) in [5.41, 5.74) is 6.89. The average molecular weight is 938 g/mol. The molecule has 3 N–H and O–H groups in total. The van der Waals surface area contributed by atoms with Crippen LogP contribution >= 0.6 is 11.3 Å². The fraction of sp³-hybridized carbons (Fsp3) is 0.500. The van der Waals surface area contributed by atoms with Crippen molar-refractivity contribution in [3.8, 4) is 11.3 Å². The van der Waals surface area contributed by atoms with Crippen LogP contribution in [-0.2, 0) is 49.7 Å². The Hall–Kier alpha value is -5.75. The van der Waals surface area contributed by atoms with Crippen molar-refractivity contribution < 1.29 is 33.8 Å². The number of fused-ring (bicyclic) bond motifs is 6. The van der Waals surface area contributed by atoms with Crippen molar-refractivity contribution in [2.75, 3.05) is 40.9 Å². The third kappa shape index (κ3) is 11.2. The van der Waals surface area contributed by atoms with E-state index in [-0.39, 0.29) is 50.5 Å². The van der Waals surface area contributed by atoms with Gasteiger partial charge in [0.1, 0.15) is 12.1 Å². The molecule has 1 saturated heterocycles. The molecule has 2 aliphatic rings. The number of likely N-dealkylation sites (N-methyl/N-ethyl adjacent to an activating group) is 2. The van der Waals surface area contributed by atoms with Gasteiger partial charge in [-0.1, -0.05) is 46.4 Å². The molecule has 0 unspecified atom stereocenters. The number of methoxy groups -OCH3 is 1. The van der Waals surface area contributed by atoms with E-state index in [1.54, 1.807) is 44.7 Å². The monoisotopic (exact) mass is 937 g/mol. The van der Waals surface area contributed by atoms with Gasteiger partial charge in [0, 0.05) is 105 Å². The Morgan fingerprint density at radius 3 is 2.57 bits per heavy atom. The lowest BCUT2D eigenvalue weighted by Gasteiger charge is -2.40. The molecule has 0 aliphatic carbocycles. The van der Waals surface area contributed by atoms with Crippen LogP contribution in [0.5, 0.6) is 0 Å². The number of carbonyl (C=O) groups excluding carboxylic acids is 4. The van der Waals surface area contributed by atoms with Gasteiger partial charge in [-0.15, -0.1) is 11.3 Å². The fourth-order valence-electron chi connectivity index (χ4n) is 9.03. The van der Waals surface area contributed by atoms with Gasteiger partial charge in [0.15, 0.2) is 0 Å². The molecule has 0 spiro atoms. The van der Waals surface area contributed by atoms with Crippen molar-refractivity contribution in [2.45, 2.75) is 111 Å². The largest absolute Gasteiger partial charge is 0.462 e. The Labute approximate surface area is 398 Å². The van der Waals surface area contributed by atoms with Crippen molar-refractivity contribution >= 4 is 57.8 Å². The molecule has 4 aromatic rings. The van der Waals surface area contributed by atoms with Crippen LogP contribution in [0.4, 0.5) is 4.79 Å². The van der Waals surface area contributed by atoms with E-state index in [1.165, 1.54) is 21.2 Å². The van der Waals surface area contributed by atoms with Crippen molar-refractivity contribution in [1.29, 1.82) is 0 Å². The van der Waals surface area contributed by atoms with Crippen LogP contribution in [0.3, 0.4) is 0 Å². The van der Waals surface area contributed by atoms with Crippen molar-refractivity contribution in [3.63, 3.8) is 0 Å². The average Bonchev–Trinajstić information content (AvgIpc) is 3.90. The SMILES string of the molecule is C=C/C(=C(\N=C/C)[C@H](C)OC)c1c2c3cc(ccc3n1CC)-c1csc(n1)C[C@H](NC(=O)[C@H](C(C)C)N(C)C(=O)N(C)CCc1ccncc1)C(=O)N1CCC[C@@](O)(N1)C(=O)OCC(C)(C)C2. The summed E-state index contributed by atoms with van der Waals surface area (Å²) in [6.07, 6.45) is 7.93. The number of aliphatic imine (C=N–C) groups is 1. The molecule has 1 aromatic carbocycles. The molecule has 2 aliphatic heterocycles. The van der Waals surface area contributed by atoms with Crippen LogP contribution in [0.15, 0.2) is 71.4 Å². The van der Waals surface area contributed by atoms with Gasteiger partial charge in [0.25, 0.3) is 5.91 Å². The molecule has 5 heterocycles. The van der Waals surface area contributed by atoms with Gasteiger partial charge in [-0.05, 0) is 81.3 Å². The maximum atomic E-state index is 14.7. The van der Waals surface area contributed by atoms with Crippen LogP contribution < -0.4 is 10.7 Å². The summed E-state index contributed by atoms with van der Waals surface area (Å²) in [7, 11) is 4.92. The zero-order chi connectivity index (χ0) is 48.8. The standard InChI is InChI=1S/C50H67N9O7S/c1-12-35(42(52-13-2)32(6)65-11)44-37-28-49(7,8)30-66-47(62)50(64)21-15-24-59(55-50)46(61)38(27-41-53-39(29-67-41)34-16-17-40(36(37)26-34)58(44)14-3)54-45(60)43(31(4)5)57(10)48(63)56(9)25-20-33-18-22-51-23-19-33/h12-13,16-19,22-23,26,29,31-32,38,43,55,64H,1,14-15,20-21,24-25,27-28,30H2,2-11H3,(H,54,60)/b42-35+,52-13-/t32-,38-,43-,50-/m0/s1. The number of hydrazine groups is 1. The number of ether oxygens (including phenoxy) is 2. The van der Waals surface area contributed by atoms with Gasteiger partial charge in [-0.25, -0.2) is 14.6 Å². The second kappa shape index (κ2) is 21.5. The summed E-state index contributed by atoms with van der Waals surface area (Å²) in [5.74, 6) is -2.37. The first kappa shape index (κ1) is 50.7. The Morgan fingerprint density at radius 1 is 1.18 bits per heavy atom. The van der Waals surface area contributed by atoms with Crippen LogP contribution in [0.1, 0.15) is 83.1 Å². The molecule has 360 valence electrons. The summed E-state index contributed by atoms with van der Waals surface area (Å²) in [5, 5.41) is 19.5. The molecule has 4 atom stereocenters. The van der Waals surface area contributed by atoms with E-state index in [1.807, 2.05) is 71.2 Å². The first-order chi connectivity index (χ1) is 31.9. The summed E-state index contributed by atoms with van der Waals surface area (Å²) < 4.78 is 14.0. The molecule has 3 aromatic heterocycles. The van der Waals surface area contributed by atoms with Gasteiger partial charge in [-0.2, -0.15) is 5.43 Å². The maximum Gasteiger partial charge on any atom is 0.355 e. The first-order valence-electron chi connectivity index (χ1n) is 23.0. The number of hydrogen-bond donors (Lipinski definition) is 3. The Bertz CT molecular complexity index is 2510. The number of esters is 1. The predicted molar refractivity (Wildman–Crippen MR) is 262 cm³/mol. The van der Waals surface area contributed by atoms with E-state index >= 15 is 0 Å². The molecule has 1 fully saturated rings. The number of carbonyl (C=O) groups is 4. The number of thiazole rings is 1. The number of amides is 4. The second-order valence-corrected chi connectivity index (χ2v) is 19.5. The van der Waals surface area contributed by atoms with E-state index in [4.69, 9.17) is 19.5 Å². The predicted octanol–water partition coefficient (Wildman–Crippen LogP) is 6.42. The number of pyridine rings is 1. The third-order valence-corrected chi connectivity index (χ3v) is 13.5. The molecule has 16 nitrogen and oxygen atoms in total. The van der Waals surface area contributed by atoms with Crippen LogP contribution in [0, 0.1) is 11.3 Å². The normalized spacial score (nSPS) is 20.2. The molecule has 0 saturated carbocycles. The number of nitrogens with zero attached hydrogens (tertiary/aromatic N) is 7. The number of urea groups is 1. The van der Waals surface area contributed by atoms with E-state index in [2.05, 4.69) is 45.9 Å². The molecule has 4 amide bonds. The van der Waals surface area contributed by atoms with Crippen molar-refractivity contribution in [3.05, 3.63) is 88.3 Å². The fourth-order valence-corrected chi connectivity index (χ4v) is 9.88. The van der Waals surface area contributed by atoms with E-state index in [9.17, 15) is 24.3 Å². The van der Waals surface area contributed by atoms with Gasteiger partial charge in [0.2, 0.25) is 11.6 Å². The summed E-state index contributed by atoms with van der Waals surface area (Å²) in [4.78, 5) is 73.8. The van der Waals surface area contributed by atoms with Crippen molar-refractivity contribution in [2.24, 2.45) is 16.3 Å². The highest BCUT2D eigenvalue weighted by atomic mass is 32.1. The number of aromatic nitrogens is 3. The summed E-state index contributed by atoms with van der Waals surface area (Å²) >= 11 is 1.36. The topological polar surface area (TPSA) is 184 Å².